The summed E-state index contributed by atoms with van der Waals surface area (Å²) in [5.74, 6) is -0.961. The Morgan fingerprint density at radius 3 is 1.09 bits per heavy atom. The summed E-state index contributed by atoms with van der Waals surface area (Å²) in [4.78, 5) is 38.1. The fraction of sp³-hybridized carbons (Fsp3) is 0.629. The van der Waals surface area contributed by atoms with Crippen molar-refractivity contribution >= 4 is 17.9 Å². The van der Waals surface area contributed by atoms with Crippen molar-refractivity contribution in [2.75, 3.05) is 13.2 Å². The van der Waals surface area contributed by atoms with Gasteiger partial charge >= 0.3 is 17.9 Å². The summed E-state index contributed by atoms with van der Waals surface area (Å²) in [5, 5.41) is 0. The van der Waals surface area contributed by atoms with E-state index in [4.69, 9.17) is 14.2 Å². The van der Waals surface area contributed by atoms with E-state index in [9.17, 15) is 14.4 Å². The minimum Gasteiger partial charge on any atom is -0.462 e. The van der Waals surface area contributed by atoms with Crippen LogP contribution in [0.5, 0.6) is 0 Å². The first-order chi connectivity index (χ1) is 33.5. The second kappa shape index (κ2) is 55.4. The average molecular weight is 941 g/mol. The molecule has 0 rings (SSSR count). The molecule has 0 aliphatic heterocycles. The largest absolute Gasteiger partial charge is 0.462 e. The minimum atomic E-state index is -0.806. The predicted octanol–water partition coefficient (Wildman–Crippen LogP) is 18.5. The van der Waals surface area contributed by atoms with Crippen molar-refractivity contribution in [2.24, 2.45) is 0 Å². The van der Waals surface area contributed by atoms with E-state index in [1.807, 2.05) is 72.9 Å². The van der Waals surface area contributed by atoms with Crippen LogP contribution in [0.2, 0.25) is 0 Å². The van der Waals surface area contributed by atoms with Gasteiger partial charge in [-0.3, -0.25) is 14.4 Å². The van der Waals surface area contributed by atoms with Crippen LogP contribution in [0, 0.1) is 0 Å². The number of carbonyl (C=O) groups is 3. The smallest absolute Gasteiger partial charge is 0.306 e. The highest BCUT2D eigenvalue weighted by molar-refractivity contribution is 5.71. The van der Waals surface area contributed by atoms with E-state index in [0.29, 0.717) is 19.3 Å². The van der Waals surface area contributed by atoms with Crippen LogP contribution in [0.15, 0.2) is 122 Å². The van der Waals surface area contributed by atoms with E-state index in [2.05, 4.69) is 69.4 Å². The van der Waals surface area contributed by atoms with Gasteiger partial charge in [0, 0.05) is 19.3 Å². The van der Waals surface area contributed by atoms with Crippen LogP contribution in [0.1, 0.15) is 233 Å². The lowest BCUT2D eigenvalue weighted by molar-refractivity contribution is -0.167. The molecule has 0 radical (unpaired) electrons. The highest BCUT2D eigenvalue weighted by Crippen LogP contribution is 2.15. The molecule has 68 heavy (non-hydrogen) atoms. The molecule has 0 aliphatic carbocycles. The molecule has 0 fully saturated rings. The van der Waals surface area contributed by atoms with Gasteiger partial charge in [0.15, 0.2) is 6.10 Å². The van der Waals surface area contributed by atoms with Crippen molar-refractivity contribution in [1.82, 2.24) is 0 Å². The van der Waals surface area contributed by atoms with E-state index in [1.54, 1.807) is 0 Å². The molecule has 0 aromatic carbocycles. The quantitative estimate of drug-likeness (QED) is 0.0199. The Kier molecular flexibility index (Phi) is 52.0. The molecular formula is C62H100O6. The van der Waals surface area contributed by atoms with E-state index < -0.39 is 6.10 Å². The van der Waals surface area contributed by atoms with E-state index >= 15 is 0 Å². The number of rotatable bonds is 48. The van der Waals surface area contributed by atoms with Crippen LogP contribution in [0.3, 0.4) is 0 Å². The summed E-state index contributed by atoms with van der Waals surface area (Å²) in [6.07, 6.45) is 76.0. The summed E-state index contributed by atoms with van der Waals surface area (Å²) in [7, 11) is 0. The predicted molar refractivity (Wildman–Crippen MR) is 293 cm³/mol. The first-order valence-electron chi connectivity index (χ1n) is 27.6. The maximum atomic E-state index is 12.8. The normalized spacial score (nSPS) is 13.0. The van der Waals surface area contributed by atoms with Gasteiger partial charge in [-0.05, 0) is 70.6 Å². The summed E-state index contributed by atoms with van der Waals surface area (Å²) >= 11 is 0. The standard InChI is InChI=1S/C62H100O6/c1-4-7-10-13-16-19-22-25-28-30-31-32-35-37-40-43-46-49-52-55-61(64)67-58-59(57-66-60(63)54-51-48-45-42-39-36-33-27-24-21-18-15-12-9-6-3)68-62(65)56-53-50-47-44-41-38-34-29-26-23-20-17-14-11-8-5-2/h7-8,10-11,13,16-17,19-20,22,25-26,28-32,35,37,40,59H,4-6,9,12,14-15,18,21,23-24,27,33-34,36,38-39,41-58H2,1-3H3/b10-7-,11-8-,16-13-,20-17-,22-19-,28-25-,29-26-,31-30+,35-32-,40-37-. The maximum absolute atomic E-state index is 12.8. The molecule has 0 amide bonds. The van der Waals surface area contributed by atoms with Crippen molar-refractivity contribution < 1.29 is 28.6 Å². The third kappa shape index (κ3) is 52.8. The molecule has 0 spiro atoms. The zero-order valence-electron chi connectivity index (χ0n) is 43.8. The Labute approximate surface area is 418 Å². The molecule has 0 aromatic heterocycles. The molecule has 1 unspecified atom stereocenters. The van der Waals surface area contributed by atoms with Gasteiger partial charge in [-0.1, -0.05) is 264 Å². The highest BCUT2D eigenvalue weighted by Gasteiger charge is 2.19. The molecule has 1 atom stereocenters. The van der Waals surface area contributed by atoms with Crippen LogP contribution in [0.25, 0.3) is 0 Å². The van der Waals surface area contributed by atoms with Crippen LogP contribution >= 0.6 is 0 Å². The van der Waals surface area contributed by atoms with Gasteiger partial charge in [0.25, 0.3) is 0 Å². The molecule has 0 heterocycles. The van der Waals surface area contributed by atoms with Gasteiger partial charge in [0.1, 0.15) is 13.2 Å². The summed E-state index contributed by atoms with van der Waals surface area (Å²) in [6, 6.07) is 0. The molecule has 384 valence electrons. The molecule has 0 N–H and O–H groups in total. The van der Waals surface area contributed by atoms with Crippen LogP contribution in [-0.2, 0) is 28.6 Å². The van der Waals surface area contributed by atoms with Crippen LogP contribution < -0.4 is 0 Å². The van der Waals surface area contributed by atoms with Crippen molar-refractivity contribution in [3.05, 3.63) is 122 Å². The fourth-order valence-electron chi connectivity index (χ4n) is 7.32. The Balaban J connectivity index is 4.52. The lowest BCUT2D eigenvalue weighted by Crippen LogP contribution is -2.30. The molecule has 6 nitrogen and oxygen atoms in total. The lowest BCUT2D eigenvalue weighted by Gasteiger charge is -2.18. The number of unbranched alkanes of at least 4 members (excludes halogenated alkanes) is 23. The fourth-order valence-corrected chi connectivity index (χ4v) is 7.32. The molecular weight excluding hydrogens is 841 g/mol. The van der Waals surface area contributed by atoms with Gasteiger partial charge in [0.2, 0.25) is 0 Å². The third-order valence-corrected chi connectivity index (χ3v) is 11.4. The zero-order chi connectivity index (χ0) is 49.3. The van der Waals surface area contributed by atoms with Gasteiger partial charge in [-0.15, -0.1) is 0 Å². The van der Waals surface area contributed by atoms with Gasteiger partial charge in [-0.25, -0.2) is 0 Å². The summed E-state index contributed by atoms with van der Waals surface area (Å²) in [5.41, 5.74) is 0. The van der Waals surface area contributed by atoms with Gasteiger partial charge in [0.05, 0.1) is 0 Å². The monoisotopic (exact) mass is 941 g/mol. The first kappa shape index (κ1) is 63.8. The van der Waals surface area contributed by atoms with Crippen LogP contribution in [0.4, 0.5) is 0 Å². The Hall–Kier alpha value is -4.19. The van der Waals surface area contributed by atoms with Gasteiger partial charge < -0.3 is 14.2 Å². The molecule has 6 heteroatoms. The number of hydrogen-bond acceptors (Lipinski definition) is 6. The zero-order valence-corrected chi connectivity index (χ0v) is 43.8. The Bertz CT molecular complexity index is 1450. The molecule has 0 saturated heterocycles. The van der Waals surface area contributed by atoms with Crippen LogP contribution in [-0.4, -0.2) is 37.2 Å². The lowest BCUT2D eigenvalue weighted by atomic mass is 10.0. The SMILES string of the molecule is CC\C=C/C=C\C=C/C=C\C=C\C=C/C=C\CCCCCC(=O)OCC(COC(=O)CCCCCCCCCCCCCCCCC)OC(=O)CCCCCCCC/C=C\C/C=C\C/C=C\CC. The second-order valence-corrected chi connectivity index (χ2v) is 17.9. The number of allylic oxidation sites excluding steroid dienone is 20. The minimum absolute atomic E-state index is 0.0997. The second-order valence-electron chi connectivity index (χ2n) is 17.9. The van der Waals surface area contributed by atoms with E-state index in [1.165, 1.54) is 89.9 Å². The number of esters is 3. The van der Waals surface area contributed by atoms with Crippen molar-refractivity contribution in [2.45, 2.75) is 239 Å². The maximum Gasteiger partial charge on any atom is 0.306 e. The average Bonchev–Trinajstić information content (AvgIpc) is 3.34. The number of ether oxygens (including phenoxy) is 3. The van der Waals surface area contributed by atoms with Crippen molar-refractivity contribution in [3.63, 3.8) is 0 Å². The molecule has 0 aromatic rings. The topological polar surface area (TPSA) is 78.9 Å². The highest BCUT2D eigenvalue weighted by atomic mass is 16.6. The Morgan fingerprint density at radius 1 is 0.324 bits per heavy atom. The van der Waals surface area contributed by atoms with E-state index in [0.717, 1.165) is 103 Å². The number of carbonyl (C=O) groups excluding carboxylic acids is 3. The summed E-state index contributed by atoms with van der Waals surface area (Å²) in [6.45, 7) is 6.33. The molecule has 0 bridgehead atoms. The summed E-state index contributed by atoms with van der Waals surface area (Å²) < 4.78 is 16.8. The first-order valence-corrected chi connectivity index (χ1v) is 27.6. The third-order valence-electron chi connectivity index (χ3n) is 11.4. The van der Waals surface area contributed by atoms with Crippen molar-refractivity contribution in [1.29, 1.82) is 0 Å². The number of hydrogen-bond donors (Lipinski definition) is 0. The molecule has 0 aliphatic rings. The van der Waals surface area contributed by atoms with Crippen molar-refractivity contribution in [3.8, 4) is 0 Å². The van der Waals surface area contributed by atoms with Gasteiger partial charge in [-0.2, -0.15) is 0 Å². The van der Waals surface area contributed by atoms with E-state index in [-0.39, 0.29) is 31.1 Å². The molecule has 0 saturated carbocycles. The Morgan fingerprint density at radius 2 is 0.647 bits per heavy atom.